The van der Waals surface area contributed by atoms with Gasteiger partial charge in [-0.05, 0) is 46.2 Å². The molecule has 0 radical (unpaired) electrons. The van der Waals surface area contributed by atoms with E-state index < -0.39 is 0 Å². The van der Waals surface area contributed by atoms with Gasteiger partial charge in [-0.25, -0.2) is 4.98 Å². The average molecular weight is 357 g/mol. The van der Waals surface area contributed by atoms with Crippen molar-refractivity contribution in [3.8, 4) is 11.1 Å². The first-order valence-electron chi connectivity index (χ1n) is 9.57. The summed E-state index contributed by atoms with van der Waals surface area (Å²) in [7, 11) is 0. The predicted octanol–water partition coefficient (Wildman–Crippen LogP) is 5.76. The van der Waals surface area contributed by atoms with E-state index in [0.717, 1.165) is 23.1 Å². The van der Waals surface area contributed by atoms with E-state index in [0.29, 0.717) is 0 Å². The van der Waals surface area contributed by atoms with E-state index in [1.54, 1.807) is 0 Å². The molecule has 0 N–H and O–H groups in total. The summed E-state index contributed by atoms with van der Waals surface area (Å²) in [6.45, 7) is 0. The quantitative estimate of drug-likeness (QED) is 0.323. The van der Waals surface area contributed by atoms with Gasteiger partial charge in [-0.3, -0.25) is 9.38 Å². The van der Waals surface area contributed by atoms with Gasteiger partial charge in [-0.1, -0.05) is 54.6 Å². The van der Waals surface area contributed by atoms with E-state index in [1.165, 1.54) is 43.9 Å². The Kier molecular flexibility index (Phi) is 2.54. The zero-order valence-electron chi connectivity index (χ0n) is 15.1. The van der Waals surface area contributed by atoms with E-state index in [9.17, 15) is 0 Å². The van der Waals surface area contributed by atoms with Gasteiger partial charge in [0.2, 0.25) is 0 Å². The fourth-order valence-electron chi connectivity index (χ4n) is 4.92. The number of hydrogen-bond acceptors (Lipinski definition) is 2. The summed E-state index contributed by atoms with van der Waals surface area (Å²) in [6.07, 6.45) is 4.70. The Hall–Kier alpha value is -3.72. The second-order valence-electron chi connectivity index (χ2n) is 7.50. The van der Waals surface area contributed by atoms with Crippen LogP contribution in [0.1, 0.15) is 11.1 Å². The van der Waals surface area contributed by atoms with Crippen molar-refractivity contribution >= 4 is 38.4 Å². The highest BCUT2D eigenvalue weighted by molar-refractivity contribution is 6.16. The van der Waals surface area contributed by atoms with Gasteiger partial charge in [0.1, 0.15) is 5.65 Å². The molecule has 6 aromatic rings. The molecule has 130 valence electrons. The second-order valence-corrected chi connectivity index (χ2v) is 7.50. The molecule has 0 bridgehead atoms. The summed E-state index contributed by atoms with van der Waals surface area (Å²) >= 11 is 0. The smallest absolute Gasteiger partial charge is 0.146 e. The van der Waals surface area contributed by atoms with Crippen LogP contribution in [0, 0.1) is 0 Å². The molecule has 0 amide bonds. The molecule has 3 nitrogen and oxygen atoms in total. The molecule has 3 aromatic carbocycles. The molecular weight excluding hydrogens is 342 g/mol. The molecule has 0 aliphatic heterocycles. The molecule has 28 heavy (non-hydrogen) atoms. The van der Waals surface area contributed by atoms with Crippen molar-refractivity contribution < 1.29 is 0 Å². The summed E-state index contributed by atoms with van der Waals surface area (Å²) in [5.41, 5.74) is 9.72. The lowest BCUT2D eigenvalue weighted by Gasteiger charge is -2.12. The van der Waals surface area contributed by atoms with E-state index in [-0.39, 0.29) is 0 Å². The summed E-state index contributed by atoms with van der Waals surface area (Å²) in [4.78, 5) is 9.42. The monoisotopic (exact) mass is 357 g/mol. The Bertz CT molecular complexity index is 1590. The van der Waals surface area contributed by atoms with Gasteiger partial charge in [0.25, 0.3) is 0 Å². The lowest BCUT2D eigenvalue weighted by Crippen LogP contribution is -1.94. The van der Waals surface area contributed by atoms with Crippen molar-refractivity contribution in [1.29, 1.82) is 0 Å². The third-order valence-electron chi connectivity index (χ3n) is 6.10. The molecule has 0 unspecified atom stereocenters. The number of aromatic nitrogens is 3. The standard InChI is InChI=1S/C25H15N3/c1-2-6-16-15(5-1)13-20-17(16)9-10-19-18-7-3-4-8-22(18)28-23-14-26-12-11-21(23)27-25(28)24(19)20/h1-12,14H,13H2. The molecule has 0 saturated carbocycles. The minimum Gasteiger partial charge on any atom is -0.290 e. The lowest BCUT2D eigenvalue weighted by atomic mass is 9.97. The Labute approximate surface area is 160 Å². The lowest BCUT2D eigenvalue weighted by molar-refractivity contribution is 1.26. The number of benzene rings is 3. The van der Waals surface area contributed by atoms with Crippen LogP contribution < -0.4 is 0 Å². The van der Waals surface area contributed by atoms with Crippen molar-refractivity contribution in [2.24, 2.45) is 0 Å². The Balaban J connectivity index is 1.79. The molecule has 3 heteroatoms. The van der Waals surface area contributed by atoms with Gasteiger partial charge >= 0.3 is 0 Å². The van der Waals surface area contributed by atoms with Crippen LogP contribution >= 0.6 is 0 Å². The summed E-state index contributed by atoms with van der Waals surface area (Å²) in [6, 6.07) is 23.9. The number of imidazole rings is 1. The molecule has 0 fully saturated rings. The molecule has 0 spiro atoms. The molecular formula is C25H15N3. The SMILES string of the molecule is c1ccc2c(c1)Cc1c-2ccc2c3ccccc3n3c4cnccc4nc3c12. The molecule has 3 heterocycles. The highest BCUT2D eigenvalue weighted by Gasteiger charge is 2.23. The topological polar surface area (TPSA) is 30.2 Å². The van der Waals surface area contributed by atoms with E-state index in [4.69, 9.17) is 4.98 Å². The van der Waals surface area contributed by atoms with Crippen LogP contribution in [0.5, 0.6) is 0 Å². The average Bonchev–Trinajstić information content (AvgIpc) is 3.32. The van der Waals surface area contributed by atoms with Gasteiger partial charge < -0.3 is 0 Å². The first kappa shape index (κ1) is 14.4. The maximum absolute atomic E-state index is 5.06. The van der Waals surface area contributed by atoms with Crippen LogP contribution in [0.25, 0.3) is 49.5 Å². The van der Waals surface area contributed by atoms with Crippen LogP contribution in [0.2, 0.25) is 0 Å². The van der Waals surface area contributed by atoms with Crippen LogP contribution in [-0.4, -0.2) is 14.4 Å². The van der Waals surface area contributed by atoms with Crippen molar-refractivity contribution in [2.75, 3.05) is 0 Å². The van der Waals surface area contributed by atoms with Crippen molar-refractivity contribution in [1.82, 2.24) is 14.4 Å². The maximum Gasteiger partial charge on any atom is 0.146 e. The predicted molar refractivity (Wildman–Crippen MR) is 114 cm³/mol. The third-order valence-corrected chi connectivity index (χ3v) is 6.10. The van der Waals surface area contributed by atoms with Crippen molar-refractivity contribution in [2.45, 2.75) is 6.42 Å². The highest BCUT2D eigenvalue weighted by Crippen LogP contribution is 2.43. The van der Waals surface area contributed by atoms with E-state index >= 15 is 0 Å². The zero-order valence-corrected chi connectivity index (χ0v) is 15.1. The van der Waals surface area contributed by atoms with Gasteiger partial charge in [0.05, 0.1) is 22.7 Å². The van der Waals surface area contributed by atoms with Crippen molar-refractivity contribution in [3.63, 3.8) is 0 Å². The first-order chi connectivity index (χ1) is 13.9. The number of pyridine rings is 2. The van der Waals surface area contributed by atoms with E-state index in [1.807, 2.05) is 18.5 Å². The van der Waals surface area contributed by atoms with Gasteiger partial charge in [-0.15, -0.1) is 0 Å². The number of hydrogen-bond donors (Lipinski definition) is 0. The zero-order chi connectivity index (χ0) is 18.2. The minimum atomic E-state index is 0.957. The number of para-hydroxylation sites is 1. The highest BCUT2D eigenvalue weighted by atomic mass is 15.0. The third kappa shape index (κ3) is 1.65. The second kappa shape index (κ2) is 4.96. The fraction of sp³-hybridized carbons (Fsp3) is 0.0400. The van der Waals surface area contributed by atoms with Gasteiger partial charge in [0, 0.05) is 17.0 Å². The largest absolute Gasteiger partial charge is 0.290 e. The fourth-order valence-corrected chi connectivity index (χ4v) is 4.92. The summed E-state index contributed by atoms with van der Waals surface area (Å²) < 4.78 is 2.28. The Morgan fingerprint density at radius 2 is 1.64 bits per heavy atom. The molecule has 7 rings (SSSR count). The first-order valence-corrected chi connectivity index (χ1v) is 9.57. The summed E-state index contributed by atoms with van der Waals surface area (Å²) in [5, 5.41) is 3.80. The molecule has 0 atom stereocenters. The number of nitrogens with zero attached hydrogens (tertiary/aromatic N) is 3. The van der Waals surface area contributed by atoms with Gasteiger partial charge in [0.15, 0.2) is 0 Å². The van der Waals surface area contributed by atoms with Crippen LogP contribution in [0.4, 0.5) is 0 Å². The van der Waals surface area contributed by atoms with E-state index in [2.05, 4.69) is 70.0 Å². The normalized spacial score (nSPS) is 12.9. The molecule has 0 saturated heterocycles. The minimum absolute atomic E-state index is 0.957. The molecule has 3 aromatic heterocycles. The van der Waals surface area contributed by atoms with Crippen molar-refractivity contribution in [3.05, 3.63) is 90.3 Å². The van der Waals surface area contributed by atoms with Crippen LogP contribution in [-0.2, 0) is 6.42 Å². The number of fused-ring (bicyclic) bond motifs is 12. The molecule has 1 aliphatic rings. The Morgan fingerprint density at radius 1 is 0.750 bits per heavy atom. The van der Waals surface area contributed by atoms with Crippen LogP contribution in [0.3, 0.4) is 0 Å². The molecule has 1 aliphatic carbocycles. The number of rotatable bonds is 0. The van der Waals surface area contributed by atoms with Crippen LogP contribution in [0.15, 0.2) is 79.1 Å². The van der Waals surface area contributed by atoms with Gasteiger partial charge in [-0.2, -0.15) is 0 Å². The summed E-state index contributed by atoms with van der Waals surface area (Å²) in [5.74, 6) is 0. The maximum atomic E-state index is 5.06. The Morgan fingerprint density at radius 3 is 2.64 bits per heavy atom.